The van der Waals surface area contributed by atoms with Crippen molar-refractivity contribution in [1.29, 1.82) is 0 Å². The van der Waals surface area contributed by atoms with Crippen LogP contribution in [0.3, 0.4) is 0 Å². The second-order valence-corrected chi connectivity index (χ2v) is 6.89. The number of nitrogens with one attached hydrogen (secondary N) is 2. The molecule has 0 aliphatic carbocycles. The number of methoxy groups -OCH3 is 4. The van der Waals surface area contributed by atoms with E-state index in [2.05, 4.69) is 15.8 Å². The molecule has 0 saturated carbocycles. The molecular formula is C25H25N3O6. The number of rotatable bonds is 9. The van der Waals surface area contributed by atoms with Crippen LogP contribution in [0.4, 0.5) is 5.69 Å². The minimum absolute atomic E-state index is 0.321. The molecule has 3 rings (SSSR count). The molecule has 0 unspecified atom stereocenters. The molecule has 3 aromatic rings. The lowest BCUT2D eigenvalue weighted by molar-refractivity contribution is 0.0954. The van der Waals surface area contributed by atoms with E-state index in [1.54, 1.807) is 49.6 Å². The highest BCUT2D eigenvalue weighted by Gasteiger charge is 2.17. The summed E-state index contributed by atoms with van der Waals surface area (Å²) in [5.74, 6) is 1.00. The molecule has 2 N–H and O–H groups in total. The van der Waals surface area contributed by atoms with Crippen LogP contribution in [0.25, 0.3) is 0 Å². The van der Waals surface area contributed by atoms with Crippen LogP contribution >= 0.6 is 0 Å². The molecule has 9 heteroatoms. The molecule has 176 valence electrons. The first kappa shape index (κ1) is 24.1. The number of anilines is 1. The van der Waals surface area contributed by atoms with Crippen LogP contribution in [-0.4, -0.2) is 46.5 Å². The van der Waals surface area contributed by atoms with Crippen LogP contribution in [0.1, 0.15) is 26.3 Å². The van der Waals surface area contributed by atoms with Crippen LogP contribution in [0.2, 0.25) is 0 Å². The molecule has 0 atom stereocenters. The molecule has 0 spiro atoms. The summed E-state index contributed by atoms with van der Waals surface area (Å²) in [7, 11) is 6.00. The zero-order chi connectivity index (χ0) is 24.5. The lowest BCUT2D eigenvalue weighted by Crippen LogP contribution is -2.18. The van der Waals surface area contributed by atoms with Crippen molar-refractivity contribution in [2.24, 2.45) is 5.10 Å². The minimum atomic E-state index is -0.395. The first-order valence-corrected chi connectivity index (χ1v) is 10.2. The standard InChI is InChI=1S/C25H25N3O6/c1-31-20-8-6-5-7-17(20)15-26-28-25(30)16-9-11-19(12-10-16)27-24(29)18-13-21(32-2)23(34-4)22(14-18)33-3/h5-15H,1-4H3,(H,27,29)(H,28,30)/b26-15+. The van der Waals surface area contributed by atoms with E-state index in [1.807, 2.05) is 18.2 Å². The van der Waals surface area contributed by atoms with Gasteiger partial charge in [0.2, 0.25) is 5.75 Å². The molecule has 0 aromatic heterocycles. The van der Waals surface area contributed by atoms with Crippen molar-refractivity contribution in [1.82, 2.24) is 5.43 Å². The second kappa shape index (κ2) is 11.4. The van der Waals surface area contributed by atoms with Crippen molar-refractivity contribution >= 4 is 23.7 Å². The van der Waals surface area contributed by atoms with E-state index in [9.17, 15) is 9.59 Å². The number of nitrogens with zero attached hydrogens (tertiary/aromatic N) is 1. The number of benzene rings is 3. The summed E-state index contributed by atoms with van der Waals surface area (Å²) >= 11 is 0. The lowest BCUT2D eigenvalue weighted by atomic mass is 10.1. The smallest absolute Gasteiger partial charge is 0.271 e. The van der Waals surface area contributed by atoms with Gasteiger partial charge in [-0.1, -0.05) is 12.1 Å². The number of amides is 2. The van der Waals surface area contributed by atoms with Crippen molar-refractivity contribution in [3.8, 4) is 23.0 Å². The SMILES string of the molecule is COc1ccccc1/C=N/NC(=O)c1ccc(NC(=O)c2cc(OC)c(OC)c(OC)c2)cc1. The fraction of sp³-hybridized carbons (Fsp3) is 0.160. The van der Waals surface area contributed by atoms with E-state index < -0.39 is 5.91 Å². The fourth-order valence-electron chi connectivity index (χ4n) is 3.12. The maximum atomic E-state index is 12.7. The first-order valence-electron chi connectivity index (χ1n) is 10.2. The Labute approximate surface area is 197 Å². The third kappa shape index (κ3) is 5.63. The zero-order valence-corrected chi connectivity index (χ0v) is 19.2. The summed E-state index contributed by atoms with van der Waals surface area (Å²) in [5, 5.41) is 6.75. The largest absolute Gasteiger partial charge is 0.496 e. The summed E-state index contributed by atoms with van der Waals surface area (Å²) in [5.41, 5.74) is 4.41. The summed E-state index contributed by atoms with van der Waals surface area (Å²) in [6.45, 7) is 0. The van der Waals surface area contributed by atoms with Crippen LogP contribution in [0.15, 0.2) is 65.8 Å². The first-order chi connectivity index (χ1) is 16.5. The molecule has 0 radical (unpaired) electrons. The molecule has 0 saturated heterocycles. The minimum Gasteiger partial charge on any atom is -0.496 e. The van der Waals surface area contributed by atoms with Crippen LogP contribution < -0.4 is 29.7 Å². The van der Waals surface area contributed by atoms with Gasteiger partial charge in [-0.25, -0.2) is 5.43 Å². The van der Waals surface area contributed by atoms with Gasteiger partial charge in [0, 0.05) is 22.4 Å². The highest BCUT2D eigenvalue weighted by Crippen LogP contribution is 2.38. The number of hydrogen-bond donors (Lipinski definition) is 2. The van der Waals surface area contributed by atoms with Gasteiger partial charge in [-0.05, 0) is 48.5 Å². The number of carbonyl (C=O) groups is 2. The quantitative estimate of drug-likeness (QED) is 0.370. The van der Waals surface area contributed by atoms with E-state index in [0.29, 0.717) is 39.8 Å². The van der Waals surface area contributed by atoms with Gasteiger partial charge in [0.15, 0.2) is 11.5 Å². The molecule has 0 heterocycles. The number of hydrogen-bond acceptors (Lipinski definition) is 7. The highest BCUT2D eigenvalue weighted by molar-refractivity contribution is 6.05. The lowest BCUT2D eigenvalue weighted by Gasteiger charge is -2.14. The summed E-state index contributed by atoms with van der Waals surface area (Å²) in [6, 6.07) is 16.8. The molecule has 2 amide bonds. The number of hydrazone groups is 1. The van der Waals surface area contributed by atoms with Gasteiger partial charge < -0.3 is 24.3 Å². The summed E-state index contributed by atoms with van der Waals surface area (Å²) in [6.07, 6.45) is 1.50. The Balaban J connectivity index is 1.66. The van der Waals surface area contributed by atoms with Crippen LogP contribution in [-0.2, 0) is 0 Å². The van der Waals surface area contributed by atoms with Crippen molar-refractivity contribution in [3.05, 3.63) is 77.4 Å². The molecule has 0 aliphatic heterocycles. The Morgan fingerprint density at radius 1 is 0.735 bits per heavy atom. The van der Waals surface area contributed by atoms with Gasteiger partial charge in [0.1, 0.15) is 5.75 Å². The zero-order valence-electron chi connectivity index (χ0n) is 19.2. The van der Waals surface area contributed by atoms with Gasteiger partial charge in [-0.15, -0.1) is 0 Å². The Morgan fingerprint density at radius 2 is 1.35 bits per heavy atom. The fourth-order valence-corrected chi connectivity index (χ4v) is 3.12. The van der Waals surface area contributed by atoms with E-state index in [0.717, 1.165) is 5.56 Å². The maximum Gasteiger partial charge on any atom is 0.271 e. The van der Waals surface area contributed by atoms with E-state index in [4.69, 9.17) is 18.9 Å². The van der Waals surface area contributed by atoms with Gasteiger partial charge in [0.25, 0.3) is 11.8 Å². The predicted molar refractivity (Wildman–Crippen MR) is 129 cm³/mol. The summed E-state index contributed by atoms with van der Waals surface area (Å²) < 4.78 is 21.1. The maximum absolute atomic E-state index is 12.7. The third-order valence-electron chi connectivity index (χ3n) is 4.84. The Morgan fingerprint density at radius 3 is 1.94 bits per heavy atom. The van der Waals surface area contributed by atoms with Crippen molar-refractivity contribution in [3.63, 3.8) is 0 Å². The molecule has 0 fully saturated rings. The second-order valence-electron chi connectivity index (χ2n) is 6.89. The molecule has 0 aliphatic rings. The highest BCUT2D eigenvalue weighted by atomic mass is 16.5. The predicted octanol–water partition coefficient (Wildman–Crippen LogP) is 3.74. The van der Waals surface area contributed by atoms with Gasteiger partial charge in [-0.3, -0.25) is 9.59 Å². The molecule has 0 bridgehead atoms. The average Bonchev–Trinajstić information content (AvgIpc) is 2.88. The topological polar surface area (TPSA) is 107 Å². The molecule has 3 aromatic carbocycles. The van der Waals surface area contributed by atoms with Crippen molar-refractivity contribution in [2.75, 3.05) is 33.8 Å². The molecular weight excluding hydrogens is 438 g/mol. The number of para-hydroxylation sites is 1. The van der Waals surface area contributed by atoms with Crippen LogP contribution in [0, 0.1) is 0 Å². The Kier molecular flexibility index (Phi) is 8.07. The Bertz CT molecular complexity index is 1170. The number of carbonyl (C=O) groups excluding carboxylic acids is 2. The van der Waals surface area contributed by atoms with Gasteiger partial charge in [0.05, 0.1) is 34.7 Å². The summed E-state index contributed by atoms with van der Waals surface area (Å²) in [4.78, 5) is 25.1. The normalized spacial score (nSPS) is 10.5. The van der Waals surface area contributed by atoms with Gasteiger partial charge in [-0.2, -0.15) is 5.10 Å². The van der Waals surface area contributed by atoms with Gasteiger partial charge >= 0.3 is 0 Å². The third-order valence-corrected chi connectivity index (χ3v) is 4.84. The van der Waals surface area contributed by atoms with E-state index >= 15 is 0 Å². The van der Waals surface area contributed by atoms with Crippen molar-refractivity contribution < 1.29 is 28.5 Å². The van der Waals surface area contributed by atoms with Crippen molar-refractivity contribution in [2.45, 2.75) is 0 Å². The Hall–Kier alpha value is -4.53. The number of ether oxygens (including phenoxy) is 4. The van der Waals surface area contributed by atoms with E-state index in [1.165, 1.54) is 27.5 Å². The molecule has 9 nitrogen and oxygen atoms in total. The monoisotopic (exact) mass is 463 g/mol. The average molecular weight is 463 g/mol. The van der Waals surface area contributed by atoms with Crippen LogP contribution in [0.5, 0.6) is 23.0 Å². The molecule has 34 heavy (non-hydrogen) atoms. The van der Waals surface area contributed by atoms with E-state index in [-0.39, 0.29) is 5.91 Å².